The zero-order valence-corrected chi connectivity index (χ0v) is 24.9. The molecule has 238 valence electrons. The SMILES string of the molecule is COc1cc(OC2OC(CO)C(O)C(O)C2O)c2c(O)c(C(=O)CCC([O-])=C3C=CN=C3CCc3ccccc3)c(C)cc2c1. The highest BCUT2D eigenvalue weighted by Crippen LogP contribution is 2.42. The van der Waals surface area contributed by atoms with Crippen LogP contribution >= 0.6 is 0 Å². The minimum absolute atomic E-state index is 0.00375. The largest absolute Gasteiger partial charge is 0.875 e. The van der Waals surface area contributed by atoms with Gasteiger partial charge in [-0.2, -0.15) is 0 Å². The quantitative estimate of drug-likeness (QED) is 0.158. The first kappa shape index (κ1) is 32.1. The second kappa shape index (κ2) is 13.8. The number of allylic oxidation sites excluding steroid dienone is 3. The molecule has 0 saturated carbocycles. The molecule has 1 saturated heterocycles. The molecule has 3 aromatic rings. The summed E-state index contributed by atoms with van der Waals surface area (Å²) in [7, 11) is 1.43. The van der Waals surface area contributed by atoms with Gasteiger partial charge in [-0.15, -0.1) is 5.76 Å². The summed E-state index contributed by atoms with van der Waals surface area (Å²) in [5, 5.41) is 65.6. The molecule has 5 N–H and O–H groups in total. The number of phenols is 1. The Hall–Kier alpha value is -4.26. The second-order valence-corrected chi connectivity index (χ2v) is 11.1. The fourth-order valence-corrected chi connectivity index (χ4v) is 5.66. The molecule has 11 heteroatoms. The first-order valence-corrected chi connectivity index (χ1v) is 14.6. The molecule has 5 unspecified atom stereocenters. The van der Waals surface area contributed by atoms with E-state index in [9.17, 15) is 35.4 Å². The van der Waals surface area contributed by atoms with Gasteiger partial charge in [-0.1, -0.05) is 36.4 Å². The van der Waals surface area contributed by atoms with Crippen LogP contribution in [0.1, 0.15) is 40.7 Å². The van der Waals surface area contributed by atoms with E-state index in [-0.39, 0.29) is 35.3 Å². The molecule has 0 aromatic heterocycles. The fraction of sp³-hybridized carbons (Fsp3) is 0.353. The Labute approximate surface area is 260 Å². The number of benzene rings is 3. The summed E-state index contributed by atoms with van der Waals surface area (Å²) in [6.07, 6.45) is -3.43. The van der Waals surface area contributed by atoms with Crippen molar-refractivity contribution in [2.24, 2.45) is 4.99 Å². The van der Waals surface area contributed by atoms with E-state index in [4.69, 9.17) is 14.2 Å². The number of ketones is 1. The Balaban J connectivity index is 1.39. The highest BCUT2D eigenvalue weighted by Gasteiger charge is 2.45. The predicted molar refractivity (Wildman–Crippen MR) is 163 cm³/mol. The average molecular weight is 619 g/mol. The molecular formula is C34H36NO10-. The average Bonchev–Trinajstić information content (AvgIpc) is 3.51. The summed E-state index contributed by atoms with van der Waals surface area (Å²) >= 11 is 0. The number of rotatable bonds is 11. The number of aliphatic hydroxyl groups excluding tert-OH is 4. The molecule has 0 amide bonds. The molecule has 1 fully saturated rings. The molecule has 11 nitrogen and oxygen atoms in total. The van der Waals surface area contributed by atoms with Gasteiger partial charge in [0.15, 0.2) is 5.78 Å². The number of aromatic hydroxyl groups is 1. The Kier molecular flexibility index (Phi) is 9.86. The number of phenolic OH excluding ortho intramolecular Hbond substituents is 1. The van der Waals surface area contributed by atoms with Crippen LogP contribution < -0.4 is 14.6 Å². The van der Waals surface area contributed by atoms with Gasteiger partial charge in [-0.3, -0.25) is 9.79 Å². The first-order chi connectivity index (χ1) is 21.6. The lowest BCUT2D eigenvalue weighted by Crippen LogP contribution is -2.60. The van der Waals surface area contributed by atoms with Crippen molar-refractivity contribution in [1.82, 2.24) is 0 Å². The molecule has 0 aliphatic carbocycles. The number of hydrogen-bond donors (Lipinski definition) is 5. The van der Waals surface area contributed by atoms with Crippen molar-refractivity contribution in [3.05, 3.63) is 88.8 Å². The standard InChI is InChI=1S/C34H37NO10/c1-18-14-20-15-21(43-2)16-26(44-34-33(42)32(41)30(39)27(17-36)45-34)29(20)31(40)28(18)25(38)11-10-24(37)22-12-13-35-23(22)9-8-19-6-4-3-5-7-19/h3-7,12-16,27,30,32-34,36-37,39-42H,8-11,17H2,1-2H3/p-1. The smallest absolute Gasteiger partial charge is 0.229 e. The van der Waals surface area contributed by atoms with Gasteiger partial charge < -0.3 is 44.8 Å². The van der Waals surface area contributed by atoms with Crippen molar-refractivity contribution in [3.63, 3.8) is 0 Å². The number of nitrogens with zero attached hydrogens (tertiary/aromatic N) is 1. The van der Waals surface area contributed by atoms with Gasteiger partial charge in [0.1, 0.15) is 41.7 Å². The Bertz CT molecular complexity index is 1650. The highest BCUT2D eigenvalue weighted by molar-refractivity contribution is 6.08. The zero-order chi connectivity index (χ0) is 32.2. The number of aliphatic imine (C=N–C) groups is 1. The number of hydrogen-bond acceptors (Lipinski definition) is 11. The number of aryl methyl sites for hydroxylation is 2. The molecule has 0 radical (unpaired) electrons. The molecule has 2 aliphatic rings. The maximum atomic E-state index is 13.5. The number of carbonyl (C=O) groups is 1. The van der Waals surface area contributed by atoms with Crippen molar-refractivity contribution in [2.75, 3.05) is 13.7 Å². The van der Waals surface area contributed by atoms with Crippen LogP contribution in [0.3, 0.4) is 0 Å². The summed E-state index contributed by atoms with van der Waals surface area (Å²) in [6.45, 7) is 1.01. The highest BCUT2D eigenvalue weighted by atomic mass is 16.7. The number of methoxy groups -OCH3 is 1. The number of carbonyl (C=O) groups excluding carboxylic acids is 1. The topological polar surface area (TPSA) is 181 Å². The van der Waals surface area contributed by atoms with Crippen molar-refractivity contribution >= 4 is 22.3 Å². The molecule has 5 rings (SSSR count). The maximum Gasteiger partial charge on any atom is 0.229 e. The van der Waals surface area contributed by atoms with Crippen LogP contribution in [0.2, 0.25) is 0 Å². The van der Waals surface area contributed by atoms with Gasteiger partial charge in [-0.25, -0.2) is 0 Å². The zero-order valence-electron chi connectivity index (χ0n) is 24.9. The van der Waals surface area contributed by atoms with Crippen molar-refractivity contribution < 1.29 is 49.6 Å². The lowest BCUT2D eigenvalue weighted by atomic mass is 9.94. The number of aliphatic hydroxyl groups is 4. The third-order valence-corrected chi connectivity index (χ3v) is 8.11. The van der Waals surface area contributed by atoms with Gasteiger partial charge in [0, 0.05) is 24.4 Å². The monoisotopic (exact) mass is 618 g/mol. The van der Waals surface area contributed by atoms with Gasteiger partial charge >= 0.3 is 0 Å². The first-order valence-electron chi connectivity index (χ1n) is 14.6. The number of Topliss-reactive ketones (excluding diaryl/α,β-unsaturated/α-hetero) is 1. The van der Waals surface area contributed by atoms with Crippen LogP contribution in [-0.4, -0.2) is 81.5 Å². The van der Waals surface area contributed by atoms with E-state index in [0.717, 1.165) is 12.0 Å². The predicted octanol–water partition coefficient (Wildman–Crippen LogP) is 2.22. The molecule has 0 spiro atoms. The fourth-order valence-electron chi connectivity index (χ4n) is 5.66. The molecule has 5 atom stereocenters. The van der Waals surface area contributed by atoms with Crippen molar-refractivity contribution in [1.29, 1.82) is 0 Å². The van der Waals surface area contributed by atoms with Crippen molar-refractivity contribution in [2.45, 2.75) is 63.3 Å². The maximum absolute atomic E-state index is 13.5. The van der Waals surface area contributed by atoms with E-state index in [1.807, 2.05) is 30.3 Å². The van der Waals surface area contributed by atoms with Crippen LogP contribution in [0, 0.1) is 6.92 Å². The van der Waals surface area contributed by atoms with Crippen LogP contribution in [0.5, 0.6) is 17.2 Å². The van der Waals surface area contributed by atoms with Crippen LogP contribution in [0.4, 0.5) is 0 Å². The Morgan fingerprint density at radius 1 is 1.02 bits per heavy atom. The molecule has 2 heterocycles. The van der Waals surface area contributed by atoms with Gasteiger partial charge in [-0.05, 0) is 60.4 Å². The normalized spacial score (nSPS) is 24.0. The summed E-state index contributed by atoms with van der Waals surface area (Å²) in [5.41, 5.74) is 2.74. The van der Waals surface area contributed by atoms with Crippen LogP contribution in [-0.2, 0) is 11.2 Å². The molecular weight excluding hydrogens is 582 g/mol. The molecule has 0 bridgehead atoms. The number of fused-ring (bicyclic) bond motifs is 1. The summed E-state index contributed by atoms with van der Waals surface area (Å²) in [4.78, 5) is 17.8. The third kappa shape index (κ3) is 6.73. The molecule has 3 aromatic carbocycles. The summed E-state index contributed by atoms with van der Waals surface area (Å²) in [5.74, 6) is -0.791. The molecule has 2 aliphatic heterocycles. The van der Waals surface area contributed by atoms with Gasteiger partial charge in [0.25, 0.3) is 0 Å². The van der Waals surface area contributed by atoms with Crippen molar-refractivity contribution in [3.8, 4) is 17.2 Å². The lowest BCUT2D eigenvalue weighted by molar-refractivity contribution is -0.307. The van der Waals surface area contributed by atoms with Crippen LogP contribution in [0.15, 0.2) is 77.1 Å². The van der Waals surface area contributed by atoms with E-state index < -0.39 is 48.8 Å². The Morgan fingerprint density at radius 2 is 1.78 bits per heavy atom. The lowest BCUT2D eigenvalue weighted by Gasteiger charge is -2.39. The van der Waals surface area contributed by atoms with E-state index in [2.05, 4.69) is 4.99 Å². The number of ether oxygens (including phenoxy) is 3. The van der Waals surface area contributed by atoms with E-state index in [1.54, 1.807) is 31.3 Å². The van der Waals surface area contributed by atoms with E-state index in [0.29, 0.717) is 34.4 Å². The van der Waals surface area contributed by atoms with E-state index >= 15 is 0 Å². The summed E-state index contributed by atoms with van der Waals surface area (Å²) < 4.78 is 16.7. The van der Waals surface area contributed by atoms with Gasteiger partial charge in [0.05, 0.1) is 24.7 Å². The minimum atomic E-state index is -1.70. The van der Waals surface area contributed by atoms with Gasteiger partial charge in [0.2, 0.25) is 6.29 Å². The minimum Gasteiger partial charge on any atom is -0.875 e. The Morgan fingerprint density at radius 3 is 2.49 bits per heavy atom. The molecule has 45 heavy (non-hydrogen) atoms. The third-order valence-electron chi connectivity index (χ3n) is 8.11. The summed E-state index contributed by atoms with van der Waals surface area (Å²) in [6, 6.07) is 14.6. The van der Waals surface area contributed by atoms with Crippen LogP contribution in [0.25, 0.3) is 10.8 Å². The second-order valence-electron chi connectivity index (χ2n) is 11.1. The van der Waals surface area contributed by atoms with E-state index in [1.165, 1.54) is 13.2 Å².